The second kappa shape index (κ2) is 8.66. The fourth-order valence-electron chi connectivity index (χ4n) is 1.79. The molecule has 2 amide bonds. The van der Waals surface area contributed by atoms with Crippen LogP contribution in [0.25, 0.3) is 0 Å². The Labute approximate surface area is 142 Å². The molecule has 0 saturated heterocycles. The van der Waals surface area contributed by atoms with Crippen molar-refractivity contribution in [2.75, 3.05) is 13.3 Å². The maximum Gasteiger partial charge on any atom is 0.317 e. The van der Waals surface area contributed by atoms with Crippen LogP contribution in [0.4, 0.5) is 4.79 Å². The van der Waals surface area contributed by atoms with E-state index in [4.69, 9.17) is 16.3 Å². The van der Waals surface area contributed by atoms with Crippen LogP contribution in [0.5, 0.6) is 5.75 Å². The van der Waals surface area contributed by atoms with Crippen molar-refractivity contribution >= 4 is 33.6 Å². The van der Waals surface area contributed by atoms with Gasteiger partial charge in [0.25, 0.3) is 0 Å². The van der Waals surface area contributed by atoms with E-state index >= 15 is 0 Å². The van der Waals surface area contributed by atoms with Crippen LogP contribution in [0.2, 0.25) is 5.02 Å². The van der Waals surface area contributed by atoms with Gasteiger partial charge in [0.2, 0.25) is 0 Å². The third kappa shape index (κ3) is 5.95. The number of halogens is 2. The number of urea groups is 1. The molecule has 0 spiro atoms. The molecular weight excluding hydrogens is 368 g/mol. The summed E-state index contributed by atoms with van der Waals surface area (Å²) < 4.78 is 6.41. The fourth-order valence-corrected chi connectivity index (χ4v) is 2.36. The topological polar surface area (TPSA) is 50.4 Å². The van der Waals surface area contributed by atoms with Gasteiger partial charge in [0.1, 0.15) is 5.75 Å². The Bertz CT molecular complexity index is 620. The van der Waals surface area contributed by atoms with Gasteiger partial charge >= 0.3 is 6.03 Å². The van der Waals surface area contributed by atoms with Gasteiger partial charge in [-0.3, -0.25) is 0 Å². The largest absolute Gasteiger partial charge is 0.473 e. The molecule has 22 heavy (non-hydrogen) atoms. The van der Waals surface area contributed by atoms with Crippen molar-refractivity contribution in [2.45, 2.75) is 6.42 Å². The number of carbonyl (C=O) groups excluding carboxylic acids is 1. The normalized spacial score (nSPS) is 10.1. The summed E-state index contributed by atoms with van der Waals surface area (Å²) in [7, 11) is 0. The standard InChI is InChI=1S/C16H16BrClN2O2/c17-13-3-1-2-12(10-13)8-9-19-16(21)20-11-22-15-6-4-14(18)5-7-15/h1-7,10H,8-9,11H2,(H2,19,20,21). The molecule has 0 aliphatic rings. The number of ether oxygens (including phenoxy) is 1. The first-order valence-corrected chi connectivity index (χ1v) is 7.95. The van der Waals surface area contributed by atoms with Crippen molar-refractivity contribution in [1.29, 1.82) is 0 Å². The molecule has 0 radical (unpaired) electrons. The Hall–Kier alpha value is -1.72. The van der Waals surface area contributed by atoms with Gasteiger partial charge in [0.05, 0.1) is 0 Å². The third-order valence-electron chi connectivity index (χ3n) is 2.87. The van der Waals surface area contributed by atoms with E-state index in [-0.39, 0.29) is 12.8 Å². The molecule has 0 bridgehead atoms. The highest BCUT2D eigenvalue weighted by Crippen LogP contribution is 2.15. The first-order valence-electron chi connectivity index (χ1n) is 6.78. The van der Waals surface area contributed by atoms with Crippen molar-refractivity contribution in [3.63, 3.8) is 0 Å². The summed E-state index contributed by atoms with van der Waals surface area (Å²) in [4.78, 5) is 11.6. The predicted molar refractivity (Wildman–Crippen MR) is 91.3 cm³/mol. The molecule has 2 N–H and O–H groups in total. The quantitative estimate of drug-likeness (QED) is 0.741. The molecule has 116 valence electrons. The lowest BCUT2D eigenvalue weighted by molar-refractivity contribution is 0.224. The number of rotatable bonds is 6. The smallest absolute Gasteiger partial charge is 0.317 e. The van der Waals surface area contributed by atoms with Crippen LogP contribution in [0.3, 0.4) is 0 Å². The van der Waals surface area contributed by atoms with Crippen LogP contribution >= 0.6 is 27.5 Å². The van der Waals surface area contributed by atoms with E-state index in [1.807, 2.05) is 24.3 Å². The SMILES string of the molecule is O=C(NCCc1cccc(Br)c1)NCOc1ccc(Cl)cc1. The van der Waals surface area contributed by atoms with Gasteiger partial charge in [-0.1, -0.05) is 39.7 Å². The highest BCUT2D eigenvalue weighted by Gasteiger charge is 2.00. The second-order valence-corrected chi connectivity index (χ2v) is 5.91. The molecule has 0 aliphatic carbocycles. The minimum absolute atomic E-state index is 0.102. The average Bonchev–Trinajstić information content (AvgIpc) is 2.49. The van der Waals surface area contributed by atoms with Crippen LogP contribution < -0.4 is 15.4 Å². The summed E-state index contributed by atoms with van der Waals surface area (Å²) >= 11 is 9.19. The second-order valence-electron chi connectivity index (χ2n) is 4.56. The minimum Gasteiger partial charge on any atom is -0.473 e. The summed E-state index contributed by atoms with van der Waals surface area (Å²) in [5.74, 6) is 0.652. The lowest BCUT2D eigenvalue weighted by Gasteiger charge is -2.09. The van der Waals surface area contributed by atoms with E-state index in [9.17, 15) is 4.79 Å². The van der Waals surface area contributed by atoms with Crippen LogP contribution in [0.1, 0.15) is 5.56 Å². The summed E-state index contributed by atoms with van der Waals surface area (Å²) in [6, 6.07) is 14.7. The molecule has 0 saturated carbocycles. The molecular formula is C16H16BrClN2O2. The van der Waals surface area contributed by atoms with Crippen molar-refractivity contribution < 1.29 is 9.53 Å². The minimum atomic E-state index is -0.260. The summed E-state index contributed by atoms with van der Waals surface area (Å²) in [5.41, 5.74) is 1.16. The van der Waals surface area contributed by atoms with Crippen molar-refractivity contribution in [2.24, 2.45) is 0 Å². The molecule has 0 aromatic heterocycles. The summed E-state index contributed by atoms with van der Waals surface area (Å²) in [5, 5.41) is 6.05. The van der Waals surface area contributed by atoms with E-state index in [0.717, 1.165) is 16.5 Å². The zero-order valence-corrected chi connectivity index (χ0v) is 14.2. The molecule has 0 unspecified atom stereocenters. The van der Waals surface area contributed by atoms with Gasteiger partial charge in [-0.05, 0) is 48.4 Å². The third-order valence-corrected chi connectivity index (χ3v) is 3.62. The molecule has 0 heterocycles. The van der Waals surface area contributed by atoms with Gasteiger partial charge in [0, 0.05) is 16.0 Å². The van der Waals surface area contributed by atoms with Crippen molar-refractivity contribution in [3.8, 4) is 5.75 Å². The van der Waals surface area contributed by atoms with Gasteiger partial charge in [-0.15, -0.1) is 0 Å². The molecule has 2 rings (SSSR count). The lowest BCUT2D eigenvalue weighted by Crippen LogP contribution is -2.38. The Balaban J connectivity index is 1.62. The van der Waals surface area contributed by atoms with Crippen molar-refractivity contribution in [1.82, 2.24) is 10.6 Å². The molecule has 0 atom stereocenters. The monoisotopic (exact) mass is 382 g/mol. The predicted octanol–water partition coefficient (Wildman–Crippen LogP) is 3.98. The molecule has 2 aromatic carbocycles. The molecule has 2 aromatic rings. The summed E-state index contributed by atoms with van der Waals surface area (Å²) in [6.07, 6.45) is 0.769. The van der Waals surface area contributed by atoms with E-state index in [1.165, 1.54) is 0 Å². The molecule has 0 aliphatic heterocycles. The Morgan fingerprint density at radius 3 is 2.64 bits per heavy atom. The number of amides is 2. The highest BCUT2D eigenvalue weighted by atomic mass is 79.9. The maximum absolute atomic E-state index is 11.6. The molecule has 6 heteroatoms. The van der Waals surface area contributed by atoms with Crippen molar-refractivity contribution in [3.05, 3.63) is 63.6 Å². The van der Waals surface area contributed by atoms with Crippen LogP contribution in [-0.4, -0.2) is 19.3 Å². The zero-order chi connectivity index (χ0) is 15.8. The molecule has 4 nitrogen and oxygen atoms in total. The van der Waals surface area contributed by atoms with E-state index < -0.39 is 0 Å². The zero-order valence-electron chi connectivity index (χ0n) is 11.8. The van der Waals surface area contributed by atoms with Gasteiger partial charge in [0.15, 0.2) is 6.73 Å². The fraction of sp³-hybridized carbons (Fsp3) is 0.188. The number of hydrogen-bond acceptors (Lipinski definition) is 2. The number of benzene rings is 2. The Kier molecular flexibility index (Phi) is 6.55. The van der Waals surface area contributed by atoms with E-state index in [0.29, 0.717) is 17.3 Å². The Morgan fingerprint density at radius 1 is 1.14 bits per heavy atom. The van der Waals surface area contributed by atoms with Gasteiger partial charge < -0.3 is 15.4 Å². The molecule has 0 fully saturated rings. The first kappa shape index (κ1) is 16.6. The lowest BCUT2D eigenvalue weighted by atomic mass is 10.1. The number of nitrogens with one attached hydrogen (secondary N) is 2. The number of hydrogen-bond donors (Lipinski definition) is 2. The average molecular weight is 384 g/mol. The van der Waals surface area contributed by atoms with Gasteiger partial charge in [-0.2, -0.15) is 0 Å². The van der Waals surface area contributed by atoms with Crippen LogP contribution in [-0.2, 0) is 6.42 Å². The maximum atomic E-state index is 11.6. The van der Waals surface area contributed by atoms with E-state index in [1.54, 1.807) is 24.3 Å². The highest BCUT2D eigenvalue weighted by molar-refractivity contribution is 9.10. The van der Waals surface area contributed by atoms with Gasteiger partial charge in [-0.25, -0.2) is 4.79 Å². The Morgan fingerprint density at radius 2 is 1.91 bits per heavy atom. The first-order chi connectivity index (χ1) is 10.6. The summed E-state index contributed by atoms with van der Waals surface area (Å²) in [6.45, 7) is 0.660. The van der Waals surface area contributed by atoms with E-state index in [2.05, 4.69) is 26.6 Å². The van der Waals surface area contributed by atoms with Crippen LogP contribution in [0.15, 0.2) is 53.0 Å². The number of carbonyl (C=O) groups is 1. The van der Waals surface area contributed by atoms with Crippen LogP contribution in [0, 0.1) is 0 Å².